The lowest BCUT2D eigenvalue weighted by atomic mass is 10.0. The van der Waals surface area contributed by atoms with Gasteiger partial charge < -0.3 is 20.3 Å². The molecule has 0 saturated carbocycles. The van der Waals surface area contributed by atoms with Crippen LogP contribution in [0.4, 0.5) is 0 Å². The molecule has 0 aromatic rings. The minimum atomic E-state index is -0.854. The second kappa shape index (κ2) is 52.2. The smallest absolute Gasteiger partial charge is 0.305 e. The number of carbonyl (C=O) groups is 2. The first-order valence-corrected chi connectivity index (χ1v) is 28.0. The Morgan fingerprint density at radius 3 is 1.10 bits per heavy atom. The lowest BCUT2D eigenvalue weighted by molar-refractivity contribution is -0.143. The zero-order valence-electron chi connectivity index (χ0n) is 41.9. The Hall–Kier alpha value is -1.40. The van der Waals surface area contributed by atoms with E-state index in [2.05, 4.69) is 19.2 Å². The molecule has 0 aromatic heterocycles. The molecule has 368 valence electrons. The van der Waals surface area contributed by atoms with E-state index in [1.807, 2.05) is 6.08 Å². The fourth-order valence-electron chi connectivity index (χ4n) is 8.75. The molecule has 1 amide bonds. The molecule has 0 radical (unpaired) electrons. The maximum atomic E-state index is 12.5. The molecular formula is C56H109NO5. The molecule has 0 saturated heterocycles. The summed E-state index contributed by atoms with van der Waals surface area (Å²) in [5, 5.41) is 23.1. The van der Waals surface area contributed by atoms with Crippen molar-refractivity contribution in [3.63, 3.8) is 0 Å². The van der Waals surface area contributed by atoms with Crippen LogP contribution in [0.2, 0.25) is 0 Å². The van der Waals surface area contributed by atoms with Gasteiger partial charge in [-0.1, -0.05) is 276 Å². The molecule has 6 nitrogen and oxygen atoms in total. The monoisotopic (exact) mass is 876 g/mol. The van der Waals surface area contributed by atoms with Crippen LogP contribution in [-0.4, -0.2) is 47.4 Å². The molecular weight excluding hydrogens is 767 g/mol. The van der Waals surface area contributed by atoms with E-state index in [1.165, 1.54) is 225 Å². The minimum Gasteiger partial charge on any atom is -0.466 e. The molecule has 0 aliphatic carbocycles. The van der Waals surface area contributed by atoms with E-state index in [4.69, 9.17) is 4.74 Å². The van der Waals surface area contributed by atoms with E-state index in [1.54, 1.807) is 6.08 Å². The molecule has 0 bridgehead atoms. The van der Waals surface area contributed by atoms with Crippen molar-refractivity contribution in [1.82, 2.24) is 5.32 Å². The van der Waals surface area contributed by atoms with E-state index in [0.29, 0.717) is 19.4 Å². The summed E-state index contributed by atoms with van der Waals surface area (Å²) >= 11 is 0. The lowest BCUT2D eigenvalue weighted by Gasteiger charge is -2.20. The maximum Gasteiger partial charge on any atom is 0.305 e. The van der Waals surface area contributed by atoms with Gasteiger partial charge in [-0.3, -0.25) is 9.59 Å². The summed E-state index contributed by atoms with van der Waals surface area (Å²) in [6.07, 6.45) is 60.8. The number of carbonyl (C=O) groups excluding carboxylic acids is 2. The van der Waals surface area contributed by atoms with Crippen molar-refractivity contribution in [2.45, 2.75) is 321 Å². The number of hydrogen-bond acceptors (Lipinski definition) is 5. The number of ether oxygens (including phenoxy) is 1. The van der Waals surface area contributed by atoms with Crippen LogP contribution < -0.4 is 5.32 Å². The first-order valence-electron chi connectivity index (χ1n) is 28.0. The highest BCUT2D eigenvalue weighted by molar-refractivity contribution is 5.76. The van der Waals surface area contributed by atoms with E-state index >= 15 is 0 Å². The van der Waals surface area contributed by atoms with Crippen LogP contribution in [0.25, 0.3) is 0 Å². The molecule has 2 atom stereocenters. The summed E-state index contributed by atoms with van der Waals surface area (Å²) in [6.45, 7) is 4.89. The van der Waals surface area contributed by atoms with Gasteiger partial charge in [0.2, 0.25) is 5.91 Å². The number of esters is 1. The van der Waals surface area contributed by atoms with Crippen molar-refractivity contribution in [3.8, 4) is 0 Å². The number of nitrogens with one attached hydrogen (secondary N) is 1. The van der Waals surface area contributed by atoms with Gasteiger partial charge in [0.25, 0.3) is 0 Å². The zero-order valence-corrected chi connectivity index (χ0v) is 41.9. The number of hydrogen-bond donors (Lipinski definition) is 3. The van der Waals surface area contributed by atoms with E-state index in [0.717, 1.165) is 57.8 Å². The summed E-state index contributed by atoms with van der Waals surface area (Å²) in [5.74, 6) is -0.0897. The lowest BCUT2D eigenvalue weighted by Crippen LogP contribution is -2.45. The van der Waals surface area contributed by atoms with Crippen LogP contribution in [0.15, 0.2) is 12.2 Å². The van der Waals surface area contributed by atoms with Crippen LogP contribution in [0.5, 0.6) is 0 Å². The summed E-state index contributed by atoms with van der Waals surface area (Å²) < 4.78 is 5.45. The molecule has 0 aliphatic rings. The summed E-state index contributed by atoms with van der Waals surface area (Å²) in [5.41, 5.74) is 0. The number of unbranched alkanes of at least 4 members (excludes halogenated alkanes) is 41. The van der Waals surface area contributed by atoms with Crippen LogP contribution >= 0.6 is 0 Å². The third-order valence-corrected chi connectivity index (χ3v) is 13.1. The molecule has 62 heavy (non-hydrogen) atoms. The Labute approximate surface area is 387 Å². The molecule has 0 aromatic carbocycles. The van der Waals surface area contributed by atoms with Crippen LogP contribution in [-0.2, 0) is 14.3 Å². The number of rotatable bonds is 52. The van der Waals surface area contributed by atoms with Gasteiger partial charge in [-0.25, -0.2) is 0 Å². The molecule has 0 aliphatic heterocycles. The van der Waals surface area contributed by atoms with Gasteiger partial charge in [-0.2, -0.15) is 0 Å². The fraction of sp³-hybridized carbons (Fsp3) is 0.929. The predicted molar refractivity (Wildman–Crippen MR) is 269 cm³/mol. The first-order chi connectivity index (χ1) is 30.5. The van der Waals surface area contributed by atoms with Gasteiger partial charge in [0.05, 0.1) is 25.4 Å². The Kier molecular flexibility index (Phi) is 51.0. The fourth-order valence-corrected chi connectivity index (χ4v) is 8.75. The van der Waals surface area contributed by atoms with Gasteiger partial charge in [0.15, 0.2) is 0 Å². The Balaban J connectivity index is 3.49. The van der Waals surface area contributed by atoms with Gasteiger partial charge >= 0.3 is 5.97 Å². The Morgan fingerprint density at radius 1 is 0.435 bits per heavy atom. The van der Waals surface area contributed by atoms with Gasteiger partial charge in [-0.15, -0.1) is 0 Å². The minimum absolute atomic E-state index is 0.00941. The van der Waals surface area contributed by atoms with Crippen molar-refractivity contribution in [1.29, 1.82) is 0 Å². The summed E-state index contributed by atoms with van der Waals surface area (Å²) in [4.78, 5) is 24.5. The number of aliphatic hydroxyl groups excluding tert-OH is 2. The van der Waals surface area contributed by atoms with E-state index in [-0.39, 0.29) is 18.5 Å². The average Bonchev–Trinajstić information content (AvgIpc) is 3.27. The summed E-state index contributed by atoms with van der Waals surface area (Å²) in [7, 11) is 0. The second-order valence-corrected chi connectivity index (χ2v) is 19.3. The second-order valence-electron chi connectivity index (χ2n) is 19.3. The number of amides is 1. The third-order valence-electron chi connectivity index (χ3n) is 13.1. The van der Waals surface area contributed by atoms with E-state index < -0.39 is 12.1 Å². The van der Waals surface area contributed by atoms with Crippen molar-refractivity contribution in [2.24, 2.45) is 0 Å². The van der Waals surface area contributed by atoms with E-state index in [9.17, 15) is 19.8 Å². The highest BCUT2D eigenvalue weighted by Crippen LogP contribution is 2.17. The zero-order chi connectivity index (χ0) is 45.1. The highest BCUT2D eigenvalue weighted by atomic mass is 16.5. The molecule has 0 fully saturated rings. The van der Waals surface area contributed by atoms with Crippen molar-refractivity contribution >= 4 is 11.9 Å². The van der Waals surface area contributed by atoms with Crippen LogP contribution in [0.3, 0.4) is 0 Å². The number of allylic oxidation sites excluding steroid dienone is 1. The van der Waals surface area contributed by atoms with Crippen molar-refractivity contribution < 1.29 is 24.5 Å². The molecule has 0 spiro atoms. The molecule has 2 unspecified atom stereocenters. The summed E-state index contributed by atoms with van der Waals surface area (Å²) in [6, 6.07) is -0.639. The molecule has 0 heterocycles. The first kappa shape index (κ1) is 60.6. The normalized spacial score (nSPS) is 12.6. The van der Waals surface area contributed by atoms with Gasteiger partial charge in [0, 0.05) is 12.8 Å². The molecule has 0 rings (SSSR count). The molecule has 6 heteroatoms. The molecule has 3 N–H and O–H groups in total. The highest BCUT2D eigenvalue weighted by Gasteiger charge is 2.18. The van der Waals surface area contributed by atoms with Gasteiger partial charge in [0.1, 0.15) is 0 Å². The maximum absolute atomic E-state index is 12.5. The average molecular weight is 876 g/mol. The number of aliphatic hydroxyl groups is 2. The SMILES string of the molecule is CCCCCCCCCCCCCCCCCCCCC/C=C/C(O)C(CO)NC(=O)CCCCCCCCCCCCCCOC(=O)CCCCCCCCCCCCCC. The largest absolute Gasteiger partial charge is 0.466 e. The third kappa shape index (κ3) is 48.1. The van der Waals surface area contributed by atoms with Gasteiger partial charge in [-0.05, 0) is 32.1 Å². The Morgan fingerprint density at radius 2 is 0.742 bits per heavy atom. The van der Waals surface area contributed by atoms with Crippen molar-refractivity contribution in [3.05, 3.63) is 12.2 Å². The van der Waals surface area contributed by atoms with Crippen LogP contribution in [0, 0.1) is 0 Å². The van der Waals surface area contributed by atoms with Crippen LogP contribution in [0.1, 0.15) is 309 Å². The van der Waals surface area contributed by atoms with Crippen molar-refractivity contribution in [2.75, 3.05) is 13.2 Å². The quantitative estimate of drug-likeness (QED) is 0.0321. The Bertz CT molecular complexity index is 924. The topological polar surface area (TPSA) is 95.9 Å². The predicted octanol–water partition coefficient (Wildman–Crippen LogP) is 16.9. The standard InChI is InChI=1S/C56H109NO5/c1-3-5-7-9-11-13-15-17-18-19-20-21-22-23-24-25-28-32-36-40-44-48-54(59)53(52-58)57-55(60)49-45-41-37-33-29-26-27-31-35-39-43-47-51-62-56(61)50-46-42-38-34-30-16-14-12-10-8-6-4-2/h44,48,53-54,58-59H,3-43,45-47,49-52H2,1-2H3,(H,57,60)/b48-44+.